The third kappa shape index (κ3) is 6.38. The van der Waals surface area contributed by atoms with Crippen molar-refractivity contribution < 1.29 is 27.9 Å². The van der Waals surface area contributed by atoms with E-state index in [2.05, 4.69) is 15.5 Å². The number of hydrogen-bond donors (Lipinski definition) is 2. The molecule has 2 fully saturated rings. The van der Waals surface area contributed by atoms with Crippen molar-refractivity contribution >= 4 is 66.8 Å². The highest BCUT2D eigenvalue weighted by Crippen LogP contribution is 2.35. The zero-order chi connectivity index (χ0) is 37.9. The van der Waals surface area contributed by atoms with Crippen molar-refractivity contribution in [3.63, 3.8) is 0 Å². The Balaban J connectivity index is 1.26. The van der Waals surface area contributed by atoms with E-state index in [4.69, 9.17) is 13.9 Å². The number of benzene rings is 4. The lowest BCUT2D eigenvalue weighted by molar-refractivity contribution is 0.0378. The number of aromatic nitrogens is 1. The molecule has 0 aliphatic carbocycles. The summed E-state index contributed by atoms with van der Waals surface area (Å²) in [6.07, 6.45) is 1.91. The molecule has 0 saturated carbocycles. The fourth-order valence-electron chi connectivity index (χ4n) is 7.57. The van der Waals surface area contributed by atoms with E-state index in [0.717, 1.165) is 25.7 Å². The second-order valence-corrected chi connectivity index (χ2v) is 15.0. The van der Waals surface area contributed by atoms with E-state index in [9.17, 15) is 24.0 Å². The molecular formula is C40H40FN5O8. The lowest BCUT2D eigenvalue weighted by Crippen LogP contribution is -2.41. The van der Waals surface area contributed by atoms with Crippen molar-refractivity contribution in [2.24, 2.45) is 0 Å². The number of ether oxygens (including phenoxy) is 2. The molecule has 1 unspecified atom stereocenters. The first-order valence-corrected chi connectivity index (χ1v) is 18.2. The van der Waals surface area contributed by atoms with Crippen LogP contribution < -0.4 is 26.9 Å². The van der Waals surface area contributed by atoms with Crippen LogP contribution in [-0.4, -0.2) is 90.3 Å². The number of fused-ring (bicyclic) bond motifs is 4. The topological polar surface area (TPSA) is 152 Å². The highest BCUT2D eigenvalue weighted by molar-refractivity contribution is 6.08. The van der Waals surface area contributed by atoms with E-state index in [-0.39, 0.29) is 78.8 Å². The molecule has 2 N–H and O–H groups in total. The molecule has 280 valence electrons. The van der Waals surface area contributed by atoms with Gasteiger partial charge in [0.15, 0.2) is 27.8 Å². The summed E-state index contributed by atoms with van der Waals surface area (Å²) in [6, 6.07) is 10.3. The molecule has 4 aromatic carbocycles. The molecule has 4 heterocycles. The maximum atomic E-state index is 16.2. The number of anilines is 1. The molecule has 2 aliphatic heterocycles. The molecule has 1 atom stereocenters. The molecule has 8 rings (SSSR count). The van der Waals surface area contributed by atoms with Crippen LogP contribution in [0, 0.1) is 5.82 Å². The maximum absolute atomic E-state index is 16.2. The van der Waals surface area contributed by atoms with Gasteiger partial charge in [-0.3, -0.25) is 24.1 Å². The molecule has 0 spiro atoms. The minimum Gasteiger partial charge on any atom is -0.451 e. The van der Waals surface area contributed by atoms with Crippen molar-refractivity contribution in [3.8, 4) is 0 Å². The van der Waals surface area contributed by atoms with Crippen LogP contribution >= 0.6 is 0 Å². The summed E-state index contributed by atoms with van der Waals surface area (Å²) in [5, 5.41) is 6.67. The minimum absolute atomic E-state index is 0.0257. The minimum atomic E-state index is -0.749. The molecule has 0 bridgehead atoms. The normalized spacial score (nSPS) is 17.0. The number of likely N-dealkylation sites (tertiary alicyclic amines) is 1. The van der Waals surface area contributed by atoms with Crippen LogP contribution in [0.1, 0.15) is 44.0 Å². The summed E-state index contributed by atoms with van der Waals surface area (Å²) in [5.41, 5.74) is -1.62. The molecule has 2 saturated heterocycles. The summed E-state index contributed by atoms with van der Waals surface area (Å²) < 4.78 is 34.9. The number of nitrogens with zero attached hydrogens (tertiary/aromatic N) is 3. The Morgan fingerprint density at radius 1 is 0.926 bits per heavy atom. The summed E-state index contributed by atoms with van der Waals surface area (Å²) in [7, 11) is 0. The first kappa shape index (κ1) is 35.4. The van der Waals surface area contributed by atoms with Crippen molar-refractivity contribution in [1.82, 2.24) is 19.5 Å². The van der Waals surface area contributed by atoms with E-state index < -0.39 is 34.9 Å². The Hall–Kier alpha value is -5.60. The number of rotatable bonds is 7. The van der Waals surface area contributed by atoms with Crippen LogP contribution in [-0.2, 0) is 9.47 Å². The highest BCUT2D eigenvalue weighted by atomic mass is 19.1. The molecule has 54 heavy (non-hydrogen) atoms. The molecule has 6 aromatic rings. The van der Waals surface area contributed by atoms with Gasteiger partial charge in [-0.1, -0.05) is 24.3 Å². The van der Waals surface area contributed by atoms with Gasteiger partial charge in [0.05, 0.1) is 30.2 Å². The quantitative estimate of drug-likeness (QED) is 0.134. The van der Waals surface area contributed by atoms with Gasteiger partial charge in [0.25, 0.3) is 5.91 Å². The average Bonchev–Trinajstić information content (AvgIpc) is 3.61. The average molecular weight is 738 g/mol. The highest BCUT2D eigenvalue weighted by Gasteiger charge is 2.32. The number of alkyl carbamates (subject to hydrolysis) is 1. The first-order chi connectivity index (χ1) is 25.9. The largest absolute Gasteiger partial charge is 0.451 e. The monoisotopic (exact) mass is 737 g/mol. The van der Waals surface area contributed by atoms with Crippen molar-refractivity contribution in [2.45, 2.75) is 45.3 Å². The Morgan fingerprint density at radius 3 is 2.33 bits per heavy atom. The summed E-state index contributed by atoms with van der Waals surface area (Å²) in [4.78, 5) is 71.8. The summed E-state index contributed by atoms with van der Waals surface area (Å²) in [5.74, 6) is -1.35. The Bertz CT molecular complexity index is 2660. The number of halogens is 1. The number of pyridine rings is 1. The number of carbonyl (C=O) groups excluding carboxylic acids is 2. The summed E-state index contributed by atoms with van der Waals surface area (Å²) >= 11 is 0. The van der Waals surface area contributed by atoms with Gasteiger partial charge < -0.3 is 33.8 Å². The van der Waals surface area contributed by atoms with E-state index >= 15 is 4.39 Å². The second-order valence-electron chi connectivity index (χ2n) is 15.0. The van der Waals surface area contributed by atoms with Crippen molar-refractivity contribution in [2.75, 3.05) is 57.8 Å². The molecule has 13 nitrogen and oxygen atoms in total. The van der Waals surface area contributed by atoms with Gasteiger partial charge in [0.1, 0.15) is 22.4 Å². The lowest BCUT2D eigenvalue weighted by Gasteiger charge is -2.26. The third-order valence-corrected chi connectivity index (χ3v) is 10.2. The fourth-order valence-corrected chi connectivity index (χ4v) is 7.57. The SMILES string of the molecule is CC(C)(C)OC(=O)NC1CCN(C(=O)c2cn3c4cc5c(=O)c6ccccc6c(=O)c5cc4oc4c(NCCCN5CCOCC5)c(F)cc(c2=O)c43)C1. The Morgan fingerprint density at radius 2 is 1.63 bits per heavy atom. The zero-order valence-corrected chi connectivity index (χ0v) is 30.3. The van der Waals surface area contributed by atoms with Crippen LogP contribution in [0.15, 0.2) is 67.5 Å². The van der Waals surface area contributed by atoms with Crippen LogP contribution in [0.3, 0.4) is 0 Å². The number of hydrogen-bond acceptors (Lipinski definition) is 10. The van der Waals surface area contributed by atoms with Gasteiger partial charge in [-0.05, 0) is 58.4 Å². The smallest absolute Gasteiger partial charge is 0.407 e. The molecule has 14 heteroatoms. The van der Waals surface area contributed by atoms with E-state index in [1.54, 1.807) is 49.4 Å². The molecule has 2 aliphatic rings. The van der Waals surface area contributed by atoms with Crippen LogP contribution in [0.4, 0.5) is 14.9 Å². The molecule has 0 radical (unpaired) electrons. The predicted octanol–water partition coefficient (Wildman–Crippen LogP) is 4.68. The van der Waals surface area contributed by atoms with Crippen LogP contribution in [0.25, 0.3) is 49.1 Å². The van der Waals surface area contributed by atoms with Gasteiger partial charge in [0, 0.05) is 60.5 Å². The van der Waals surface area contributed by atoms with Gasteiger partial charge in [-0.2, -0.15) is 0 Å². The van der Waals surface area contributed by atoms with E-state index in [1.807, 2.05) is 0 Å². The Labute approximate surface area is 307 Å². The second kappa shape index (κ2) is 13.7. The summed E-state index contributed by atoms with van der Waals surface area (Å²) in [6.45, 7) is 9.77. The van der Waals surface area contributed by atoms with Gasteiger partial charge in [-0.25, -0.2) is 9.18 Å². The standard InChI is InChI=1S/C40H40FN5O8/c1-40(2,3)54-39(51)43-22-9-12-45(20-22)38(50)28-21-46-30-18-25-26(35(48)24-8-5-4-7-23(24)34(25)47)19-31(30)53-37-32(29(41)17-27(33(37)46)36(28)49)42-10-6-11-44-13-15-52-16-14-44/h4-5,7-8,17-19,21-22,42H,6,9-16,20H2,1-3H3,(H,43,51). The number of amides is 2. The van der Waals surface area contributed by atoms with E-state index in [1.165, 1.54) is 23.2 Å². The number of carbonyl (C=O) groups is 2. The van der Waals surface area contributed by atoms with E-state index in [0.29, 0.717) is 38.1 Å². The first-order valence-electron chi connectivity index (χ1n) is 18.2. The Kier molecular flexibility index (Phi) is 8.97. The van der Waals surface area contributed by atoms with Crippen molar-refractivity contribution in [1.29, 1.82) is 0 Å². The maximum Gasteiger partial charge on any atom is 0.407 e. The zero-order valence-electron chi connectivity index (χ0n) is 30.3. The molecule has 2 amide bonds. The van der Waals surface area contributed by atoms with Gasteiger partial charge in [-0.15, -0.1) is 0 Å². The van der Waals surface area contributed by atoms with Gasteiger partial charge in [0.2, 0.25) is 5.43 Å². The number of nitrogens with one attached hydrogen (secondary N) is 2. The van der Waals surface area contributed by atoms with Crippen LogP contribution in [0.5, 0.6) is 0 Å². The van der Waals surface area contributed by atoms with Crippen LogP contribution in [0.2, 0.25) is 0 Å². The lowest BCUT2D eigenvalue weighted by atomic mass is 10.0. The fraction of sp³-hybridized carbons (Fsp3) is 0.375. The third-order valence-electron chi connectivity index (χ3n) is 10.2. The number of morpholine rings is 1. The molecular weight excluding hydrogens is 697 g/mol. The predicted molar refractivity (Wildman–Crippen MR) is 204 cm³/mol. The van der Waals surface area contributed by atoms with Gasteiger partial charge >= 0.3 is 6.09 Å². The van der Waals surface area contributed by atoms with Crippen molar-refractivity contribution in [3.05, 3.63) is 90.7 Å². The molecule has 2 aromatic heterocycles.